The number of Topliss-reactive ketones (excluding diaryl/α,β-unsaturated/α-hetero) is 1. The van der Waals surface area contributed by atoms with Crippen LogP contribution in [-0.4, -0.2) is 76.2 Å². The number of nitrogens with zero attached hydrogens (tertiary/aromatic N) is 5. The van der Waals surface area contributed by atoms with Gasteiger partial charge in [-0.15, -0.1) is 12.4 Å². The van der Waals surface area contributed by atoms with Crippen molar-refractivity contribution in [2.75, 3.05) is 41.3 Å². The van der Waals surface area contributed by atoms with Crippen LogP contribution in [0.3, 0.4) is 0 Å². The zero-order chi connectivity index (χ0) is 29.5. The average molecular weight is 674 g/mol. The Morgan fingerprint density at radius 3 is 2.00 bits per heavy atom. The number of anilines is 4. The van der Waals surface area contributed by atoms with Crippen molar-refractivity contribution in [1.82, 2.24) is 15.0 Å². The second kappa shape index (κ2) is 12.9. The zero-order valence-corrected chi connectivity index (χ0v) is 26.1. The average Bonchev–Trinajstić information content (AvgIpc) is 3.34. The van der Waals surface area contributed by atoms with Gasteiger partial charge in [0.1, 0.15) is 5.75 Å². The van der Waals surface area contributed by atoms with Gasteiger partial charge in [0.05, 0.1) is 5.56 Å². The van der Waals surface area contributed by atoms with Crippen LogP contribution >= 0.6 is 28.3 Å². The molecule has 1 unspecified atom stereocenters. The van der Waals surface area contributed by atoms with Gasteiger partial charge in [-0.3, -0.25) is 4.79 Å². The monoisotopic (exact) mass is 672 g/mol. The van der Waals surface area contributed by atoms with Gasteiger partial charge < -0.3 is 43.2 Å². The Hall–Kier alpha value is -3.07. The van der Waals surface area contributed by atoms with Crippen molar-refractivity contribution in [2.45, 2.75) is 55.8 Å². The van der Waals surface area contributed by atoms with Crippen LogP contribution in [0.15, 0.2) is 40.9 Å². The highest BCUT2D eigenvalue weighted by molar-refractivity contribution is 9.10. The Kier molecular flexibility index (Phi) is 9.40. The number of rotatable bonds is 6. The fourth-order valence-corrected chi connectivity index (χ4v) is 6.78. The minimum absolute atomic E-state index is 0. The molecule has 2 aromatic carbocycles. The zero-order valence-electron chi connectivity index (χ0n) is 23.7. The van der Waals surface area contributed by atoms with E-state index in [2.05, 4.69) is 37.3 Å². The van der Waals surface area contributed by atoms with Gasteiger partial charge >= 0.3 is 0 Å². The molecule has 2 aliphatic heterocycles. The van der Waals surface area contributed by atoms with E-state index in [4.69, 9.17) is 27.9 Å². The summed E-state index contributed by atoms with van der Waals surface area (Å²) in [5, 5.41) is 14.1. The highest BCUT2D eigenvalue weighted by Gasteiger charge is 2.31. The molecule has 14 heteroatoms. The summed E-state index contributed by atoms with van der Waals surface area (Å²) in [5.74, 6) is 0.693. The van der Waals surface area contributed by atoms with E-state index in [-0.39, 0.29) is 65.5 Å². The number of carbonyl (C=O) groups is 1. The van der Waals surface area contributed by atoms with Crippen LogP contribution in [0.4, 0.5) is 23.5 Å². The van der Waals surface area contributed by atoms with Gasteiger partial charge in [-0.1, -0.05) is 22.0 Å². The predicted octanol–water partition coefficient (Wildman–Crippen LogP) is 2.15. The highest BCUT2D eigenvalue weighted by Crippen LogP contribution is 2.39. The Bertz CT molecular complexity index is 1430. The summed E-state index contributed by atoms with van der Waals surface area (Å²) in [6.07, 6.45) is 3.00. The molecule has 0 saturated carbocycles. The first-order valence-electron chi connectivity index (χ1n) is 14.3. The molecule has 230 valence electrons. The third-order valence-electron chi connectivity index (χ3n) is 8.23. The minimum Gasteiger partial charge on any atom is -0.507 e. The molecule has 1 aliphatic carbocycles. The van der Waals surface area contributed by atoms with E-state index in [0.29, 0.717) is 50.2 Å². The summed E-state index contributed by atoms with van der Waals surface area (Å²) in [7, 11) is 0. The van der Waals surface area contributed by atoms with Gasteiger partial charge in [0, 0.05) is 72.5 Å². The maximum absolute atomic E-state index is 13.5. The molecule has 3 aromatic rings. The number of phenols is 1. The van der Waals surface area contributed by atoms with E-state index in [1.807, 2.05) is 21.9 Å². The van der Waals surface area contributed by atoms with E-state index in [1.54, 1.807) is 12.1 Å². The summed E-state index contributed by atoms with van der Waals surface area (Å²) < 4.78 is 0.995. The van der Waals surface area contributed by atoms with Crippen molar-refractivity contribution in [3.63, 3.8) is 0 Å². The number of aryl methyl sites for hydroxylation is 1. The minimum atomic E-state index is -0.281. The van der Waals surface area contributed by atoms with Gasteiger partial charge in [0.15, 0.2) is 5.78 Å². The predicted molar refractivity (Wildman–Crippen MR) is 174 cm³/mol. The summed E-state index contributed by atoms with van der Waals surface area (Å²) in [5.41, 5.74) is 28.0. The number of fused-ring (bicyclic) bond motifs is 1. The maximum atomic E-state index is 13.5. The van der Waals surface area contributed by atoms with Gasteiger partial charge in [-0.05, 0) is 61.1 Å². The molecule has 1 aromatic heterocycles. The largest absolute Gasteiger partial charge is 0.507 e. The first-order valence-corrected chi connectivity index (χ1v) is 15.1. The Labute approximate surface area is 265 Å². The summed E-state index contributed by atoms with van der Waals surface area (Å²) >= 11 is 3.50. The second-order valence-electron chi connectivity index (χ2n) is 11.7. The van der Waals surface area contributed by atoms with E-state index in [1.165, 1.54) is 6.07 Å². The molecular weight excluding hydrogens is 636 g/mol. The number of nitrogens with one attached hydrogen (secondary N) is 1. The molecule has 0 radical (unpaired) electrons. The third-order valence-corrected chi connectivity index (χ3v) is 8.72. The molecule has 0 spiro atoms. The molecule has 2 fully saturated rings. The molecule has 3 heterocycles. The standard InChI is InChI=1S/C29H37BrN10O2.ClH/c30-16-2-5-22-15(7-16)1-4-23(22)26(42)24-6-3-21(10-25(24)41)35-27-36-28(39-11-17(31)8-18(32)12-39)38-29(37-27)40-13-19(33)9-20(34)14-40;/h2-3,5-7,10,17-20,23,41H,1,4,8-9,11-14,31-34H2,(H,35,36,37,38);1H/t17-,18+,19-,20+,23?;. The van der Waals surface area contributed by atoms with Crippen molar-refractivity contribution in [3.8, 4) is 5.75 Å². The van der Waals surface area contributed by atoms with Crippen LogP contribution in [0.5, 0.6) is 5.75 Å². The number of nitrogens with two attached hydrogens (primary N) is 4. The van der Waals surface area contributed by atoms with Crippen LogP contribution in [0.25, 0.3) is 0 Å². The van der Waals surface area contributed by atoms with Gasteiger partial charge in [0.2, 0.25) is 17.8 Å². The number of carbonyl (C=O) groups excluding carboxylic acids is 1. The van der Waals surface area contributed by atoms with E-state index in [9.17, 15) is 9.90 Å². The maximum Gasteiger partial charge on any atom is 0.233 e. The molecule has 6 rings (SSSR count). The molecule has 3 aliphatic rings. The van der Waals surface area contributed by atoms with Crippen molar-refractivity contribution in [3.05, 3.63) is 57.6 Å². The number of hydrogen-bond acceptors (Lipinski definition) is 12. The number of phenolic OH excluding ortho intramolecular Hbond substituents is 1. The normalized spacial score (nSPS) is 25.2. The van der Waals surface area contributed by atoms with Crippen LogP contribution < -0.4 is 38.1 Å². The first kappa shape index (κ1) is 31.4. The van der Waals surface area contributed by atoms with Gasteiger partial charge in [-0.25, -0.2) is 0 Å². The van der Waals surface area contributed by atoms with Crippen molar-refractivity contribution in [1.29, 1.82) is 0 Å². The summed E-state index contributed by atoms with van der Waals surface area (Å²) in [4.78, 5) is 31.5. The lowest BCUT2D eigenvalue weighted by molar-refractivity contribution is 0.0957. The molecule has 0 amide bonds. The number of piperidine rings is 2. The molecular formula is C29H38BrClN10O2. The van der Waals surface area contributed by atoms with E-state index in [0.717, 1.165) is 34.9 Å². The number of benzene rings is 2. The number of ketones is 1. The highest BCUT2D eigenvalue weighted by atomic mass is 79.9. The van der Waals surface area contributed by atoms with Crippen LogP contribution in [0, 0.1) is 0 Å². The molecule has 0 bridgehead atoms. The van der Waals surface area contributed by atoms with Crippen molar-refractivity contribution in [2.24, 2.45) is 22.9 Å². The SMILES string of the molecule is Cl.N[C@@H]1C[C@H](N)CN(c2nc(Nc3ccc(C(=O)C4CCc5cc(Br)ccc54)c(O)c3)nc(N3C[C@H](N)C[C@H](N)C3)n2)C1. The smallest absolute Gasteiger partial charge is 0.233 e. The van der Waals surface area contributed by atoms with E-state index >= 15 is 0 Å². The van der Waals surface area contributed by atoms with Crippen molar-refractivity contribution < 1.29 is 9.90 Å². The molecule has 2 saturated heterocycles. The third kappa shape index (κ3) is 6.87. The Morgan fingerprint density at radius 1 is 0.860 bits per heavy atom. The number of aromatic nitrogens is 3. The topological polar surface area (TPSA) is 199 Å². The lowest BCUT2D eigenvalue weighted by Crippen LogP contribution is -2.54. The fraction of sp³-hybridized carbons (Fsp3) is 0.448. The van der Waals surface area contributed by atoms with Crippen molar-refractivity contribution >= 4 is 57.7 Å². The lowest BCUT2D eigenvalue weighted by atomic mass is 9.91. The second-order valence-corrected chi connectivity index (χ2v) is 12.7. The van der Waals surface area contributed by atoms with Crippen LogP contribution in [0.2, 0.25) is 0 Å². The molecule has 10 N–H and O–H groups in total. The molecule has 5 atom stereocenters. The first-order chi connectivity index (χ1) is 20.1. The summed E-state index contributed by atoms with van der Waals surface area (Å²) in [6.45, 7) is 2.26. The summed E-state index contributed by atoms with van der Waals surface area (Å²) in [6, 6.07) is 10.5. The van der Waals surface area contributed by atoms with Crippen LogP contribution in [0.1, 0.15) is 46.7 Å². The van der Waals surface area contributed by atoms with Gasteiger partial charge in [-0.2, -0.15) is 15.0 Å². The van der Waals surface area contributed by atoms with Gasteiger partial charge in [0.25, 0.3) is 0 Å². The quantitative estimate of drug-likeness (QED) is 0.209. The van der Waals surface area contributed by atoms with E-state index < -0.39 is 0 Å². The fourth-order valence-electron chi connectivity index (χ4n) is 6.37. The Balaban J connectivity index is 0.00000368. The number of hydrogen-bond donors (Lipinski definition) is 6. The molecule has 12 nitrogen and oxygen atoms in total. The Morgan fingerprint density at radius 2 is 1.44 bits per heavy atom. The lowest BCUT2D eigenvalue weighted by Gasteiger charge is -2.37. The number of halogens is 2. The molecule has 43 heavy (non-hydrogen) atoms. The van der Waals surface area contributed by atoms with Crippen LogP contribution in [-0.2, 0) is 6.42 Å². The number of aromatic hydroxyl groups is 1.